The summed E-state index contributed by atoms with van der Waals surface area (Å²) in [5.41, 5.74) is 0.875. The van der Waals surface area contributed by atoms with Crippen LogP contribution >= 0.6 is 0 Å². The van der Waals surface area contributed by atoms with E-state index in [-0.39, 0.29) is 18.1 Å². The molecule has 6 nitrogen and oxygen atoms in total. The van der Waals surface area contributed by atoms with Gasteiger partial charge in [-0.15, -0.1) is 0 Å². The standard InChI is InChI=1S/C19H28N4O2/c1-13(2)23(14(3)4)19(24)21-17(18-20-11-12-22(18)5)15-9-7-8-10-16(15)25-6/h7-14,17H,1-6H3,(H,21,24)/t17-/m1/s1. The van der Waals surface area contributed by atoms with Crippen molar-refractivity contribution in [3.8, 4) is 5.75 Å². The lowest BCUT2D eigenvalue weighted by Crippen LogP contribution is -2.49. The Bertz CT molecular complexity index is 701. The lowest BCUT2D eigenvalue weighted by Gasteiger charge is -2.33. The molecule has 1 aromatic carbocycles. The molecule has 1 heterocycles. The molecule has 2 aromatic rings. The van der Waals surface area contributed by atoms with E-state index >= 15 is 0 Å². The first-order valence-corrected chi connectivity index (χ1v) is 8.55. The van der Waals surface area contributed by atoms with E-state index in [9.17, 15) is 4.79 Å². The molecule has 1 atom stereocenters. The molecule has 2 amide bonds. The van der Waals surface area contributed by atoms with Gasteiger partial charge in [0.05, 0.1) is 7.11 Å². The Morgan fingerprint density at radius 3 is 2.36 bits per heavy atom. The van der Waals surface area contributed by atoms with Crippen molar-refractivity contribution >= 4 is 6.03 Å². The first-order valence-electron chi connectivity index (χ1n) is 8.55. The van der Waals surface area contributed by atoms with Gasteiger partial charge in [0.25, 0.3) is 0 Å². The molecule has 1 aromatic heterocycles. The highest BCUT2D eigenvalue weighted by Crippen LogP contribution is 2.29. The number of hydrogen-bond acceptors (Lipinski definition) is 3. The second kappa shape index (κ2) is 8.05. The number of aryl methyl sites for hydroxylation is 1. The highest BCUT2D eigenvalue weighted by Gasteiger charge is 2.28. The SMILES string of the molecule is COc1ccccc1[C@@H](NC(=O)N(C(C)C)C(C)C)c1nccn1C. The fourth-order valence-electron chi connectivity index (χ4n) is 3.10. The number of hydrogen-bond donors (Lipinski definition) is 1. The van der Waals surface area contributed by atoms with E-state index in [4.69, 9.17) is 4.74 Å². The number of rotatable bonds is 6. The highest BCUT2D eigenvalue weighted by molar-refractivity contribution is 5.76. The minimum atomic E-state index is -0.399. The van der Waals surface area contributed by atoms with Crippen LogP contribution in [0.25, 0.3) is 0 Å². The first-order chi connectivity index (χ1) is 11.9. The largest absolute Gasteiger partial charge is 0.496 e. The summed E-state index contributed by atoms with van der Waals surface area (Å²) in [6, 6.07) is 7.36. The topological polar surface area (TPSA) is 59.4 Å². The number of ether oxygens (including phenoxy) is 1. The third kappa shape index (κ3) is 4.13. The average Bonchev–Trinajstić information content (AvgIpc) is 2.97. The molecule has 0 aliphatic rings. The van der Waals surface area contributed by atoms with Crippen LogP contribution in [-0.4, -0.2) is 39.7 Å². The number of methoxy groups -OCH3 is 1. The second-order valence-corrected chi connectivity index (χ2v) is 6.62. The maximum Gasteiger partial charge on any atom is 0.318 e. The molecule has 25 heavy (non-hydrogen) atoms. The summed E-state index contributed by atoms with van der Waals surface area (Å²) >= 11 is 0. The summed E-state index contributed by atoms with van der Waals surface area (Å²) < 4.78 is 7.41. The van der Waals surface area contributed by atoms with E-state index in [1.807, 2.05) is 74.7 Å². The number of benzene rings is 1. The second-order valence-electron chi connectivity index (χ2n) is 6.62. The van der Waals surface area contributed by atoms with Gasteiger partial charge >= 0.3 is 6.03 Å². The van der Waals surface area contributed by atoms with Gasteiger partial charge in [-0.25, -0.2) is 9.78 Å². The number of carbonyl (C=O) groups is 1. The molecule has 2 rings (SSSR count). The summed E-state index contributed by atoms with van der Waals surface area (Å²) in [6.45, 7) is 8.05. The van der Waals surface area contributed by atoms with Crippen molar-refractivity contribution < 1.29 is 9.53 Å². The van der Waals surface area contributed by atoms with Gasteiger partial charge in [-0.2, -0.15) is 0 Å². The van der Waals surface area contributed by atoms with Crippen LogP contribution in [0.1, 0.15) is 45.1 Å². The van der Waals surface area contributed by atoms with Crippen molar-refractivity contribution in [2.24, 2.45) is 7.05 Å². The summed E-state index contributed by atoms with van der Waals surface area (Å²) in [7, 11) is 3.55. The molecule has 0 bridgehead atoms. The lowest BCUT2D eigenvalue weighted by molar-refractivity contribution is 0.162. The van der Waals surface area contributed by atoms with Gasteiger partial charge in [0.1, 0.15) is 17.6 Å². The third-order valence-corrected chi connectivity index (χ3v) is 4.18. The van der Waals surface area contributed by atoms with Gasteiger partial charge in [0, 0.05) is 37.1 Å². The Kier molecular flexibility index (Phi) is 6.07. The van der Waals surface area contributed by atoms with Crippen LogP contribution in [0, 0.1) is 0 Å². The Labute approximate surface area is 149 Å². The number of nitrogens with zero attached hydrogens (tertiary/aromatic N) is 3. The highest BCUT2D eigenvalue weighted by atomic mass is 16.5. The fraction of sp³-hybridized carbons (Fsp3) is 0.474. The van der Waals surface area contributed by atoms with Crippen LogP contribution in [0.3, 0.4) is 0 Å². The predicted octanol–water partition coefficient (Wildman–Crippen LogP) is 3.35. The van der Waals surface area contributed by atoms with Crippen LogP contribution in [0.4, 0.5) is 4.79 Å². The summed E-state index contributed by atoms with van der Waals surface area (Å²) in [6.07, 6.45) is 3.60. The van der Waals surface area contributed by atoms with Crippen molar-refractivity contribution in [1.29, 1.82) is 0 Å². The van der Waals surface area contributed by atoms with Crippen molar-refractivity contribution in [3.05, 3.63) is 48.0 Å². The van der Waals surface area contributed by atoms with Crippen molar-refractivity contribution in [2.75, 3.05) is 7.11 Å². The van der Waals surface area contributed by atoms with E-state index < -0.39 is 6.04 Å². The molecule has 6 heteroatoms. The maximum absolute atomic E-state index is 13.0. The minimum absolute atomic E-state index is 0.0969. The monoisotopic (exact) mass is 344 g/mol. The molecule has 1 N–H and O–H groups in total. The third-order valence-electron chi connectivity index (χ3n) is 4.18. The van der Waals surface area contributed by atoms with Crippen LogP contribution < -0.4 is 10.1 Å². The Balaban J connectivity index is 2.43. The fourth-order valence-corrected chi connectivity index (χ4v) is 3.10. The zero-order valence-corrected chi connectivity index (χ0v) is 15.9. The average molecular weight is 344 g/mol. The molecular weight excluding hydrogens is 316 g/mol. The molecule has 0 radical (unpaired) electrons. The van der Waals surface area contributed by atoms with Gasteiger partial charge in [-0.3, -0.25) is 0 Å². The minimum Gasteiger partial charge on any atom is -0.496 e. The molecule has 136 valence electrons. The van der Waals surface area contributed by atoms with E-state index in [0.29, 0.717) is 0 Å². The van der Waals surface area contributed by atoms with Crippen molar-refractivity contribution in [3.63, 3.8) is 0 Å². The van der Waals surface area contributed by atoms with Crippen LogP contribution in [-0.2, 0) is 7.05 Å². The van der Waals surface area contributed by atoms with Gasteiger partial charge in [0.2, 0.25) is 0 Å². The van der Waals surface area contributed by atoms with E-state index in [2.05, 4.69) is 10.3 Å². The molecule has 0 saturated carbocycles. The molecular formula is C19H28N4O2. The first kappa shape index (κ1) is 18.8. The van der Waals surface area contributed by atoms with Crippen molar-refractivity contribution in [1.82, 2.24) is 19.8 Å². The Hall–Kier alpha value is -2.50. The molecule has 0 unspecified atom stereocenters. The number of carbonyl (C=O) groups excluding carboxylic acids is 1. The zero-order chi connectivity index (χ0) is 18.6. The van der Waals surface area contributed by atoms with Crippen molar-refractivity contribution in [2.45, 2.75) is 45.8 Å². The van der Waals surface area contributed by atoms with E-state index in [1.165, 1.54) is 0 Å². The Morgan fingerprint density at radius 1 is 1.20 bits per heavy atom. The number of imidazole rings is 1. The molecule has 0 aliphatic heterocycles. The number of amides is 2. The zero-order valence-electron chi connectivity index (χ0n) is 15.9. The molecule has 0 spiro atoms. The number of nitrogens with one attached hydrogen (secondary N) is 1. The predicted molar refractivity (Wildman–Crippen MR) is 98.7 cm³/mol. The summed E-state index contributed by atoms with van der Waals surface area (Å²) in [4.78, 5) is 19.2. The normalized spacial score (nSPS) is 12.3. The number of aromatic nitrogens is 2. The maximum atomic E-state index is 13.0. The van der Waals surface area contributed by atoms with Crippen LogP contribution in [0.5, 0.6) is 5.75 Å². The molecule has 0 saturated heterocycles. The van der Waals surface area contributed by atoms with E-state index in [1.54, 1.807) is 13.3 Å². The van der Waals surface area contributed by atoms with Crippen LogP contribution in [0.2, 0.25) is 0 Å². The van der Waals surface area contributed by atoms with Gasteiger partial charge in [0.15, 0.2) is 0 Å². The quantitative estimate of drug-likeness (QED) is 0.874. The number of urea groups is 1. The summed E-state index contributed by atoms with van der Waals surface area (Å²) in [5.74, 6) is 1.47. The smallest absolute Gasteiger partial charge is 0.318 e. The van der Waals surface area contributed by atoms with Gasteiger partial charge in [-0.1, -0.05) is 18.2 Å². The number of para-hydroxylation sites is 1. The summed E-state index contributed by atoms with van der Waals surface area (Å²) in [5, 5.41) is 3.14. The molecule has 0 fully saturated rings. The van der Waals surface area contributed by atoms with Crippen LogP contribution in [0.15, 0.2) is 36.7 Å². The lowest BCUT2D eigenvalue weighted by atomic mass is 10.0. The Morgan fingerprint density at radius 2 is 1.84 bits per heavy atom. The molecule has 0 aliphatic carbocycles. The van der Waals surface area contributed by atoms with Gasteiger partial charge in [-0.05, 0) is 33.8 Å². The van der Waals surface area contributed by atoms with E-state index in [0.717, 1.165) is 17.1 Å². The van der Waals surface area contributed by atoms with Gasteiger partial charge < -0.3 is 19.5 Å².